The van der Waals surface area contributed by atoms with Gasteiger partial charge in [0.05, 0.1) is 18.1 Å². The lowest BCUT2D eigenvalue weighted by Crippen LogP contribution is -2.44. The summed E-state index contributed by atoms with van der Waals surface area (Å²) in [6.45, 7) is 8.19. The molecule has 0 amide bonds. The van der Waals surface area contributed by atoms with Gasteiger partial charge in [-0.05, 0) is 94.8 Å². The van der Waals surface area contributed by atoms with Crippen LogP contribution in [0.3, 0.4) is 0 Å². The Labute approximate surface area is 238 Å². The van der Waals surface area contributed by atoms with E-state index in [9.17, 15) is 20.1 Å². The summed E-state index contributed by atoms with van der Waals surface area (Å²) in [6.07, 6.45) is 2.26. The Morgan fingerprint density at radius 2 is 1.52 bits per heavy atom. The second-order valence-electron chi connectivity index (χ2n) is 11.4. The highest BCUT2D eigenvalue weighted by Gasteiger charge is 2.41. The Morgan fingerprint density at radius 1 is 0.950 bits per heavy atom. The highest BCUT2D eigenvalue weighted by molar-refractivity contribution is 5.82. The number of piperidine rings is 1. The van der Waals surface area contributed by atoms with Gasteiger partial charge in [0.1, 0.15) is 11.4 Å². The minimum Gasteiger partial charge on any atom is -0.508 e. The van der Waals surface area contributed by atoms with E-state index in [0.29, 0.717) is 24.2 Å². The van der Waals surface area contributed by atoms with Crippen molar-refractivity contribution in [2.75, 3.05) is 26.2 Å². The molecule has 0 saturated carbocycles. The smallest absolute Gasteiger partial charge is 0.315 e. The first-order valence-electron chi connectivity index (χ1n) is 14.4. The van der Waals surface area contributed by atoms with Crippen molar-refractivity contribution in [1.82, 2.24) is 4.90 Å². The zero-order valence-corrected chi connectivity index (χ0v) is 23.9. The molecule has 1 fully saturated rings. The number of carbonyl (C=O) groups excluding carboxylic acids is 1. The van der Waals surface area contributed by atoms with Crippen LogP contribution in [-0.2, 0) is 20.5 Å². The van der Waals surface area contributed by atoms with Gasteiger partial charge in [0.25, 0.3) is 0 Å². The molecule has 6 nitrogen and oxygen atoms in total. The Hall–Kier alpha value is -3.19. The van der Waals surface area contributed by atoms with Crippen molar-refractivity contribution in [2.24, 2.45) is 5.92 Å². The van der Waals surface area contributed by atoms with Crippen LogP contribution in [0, 0.1) is 5.92 Å². The minimum absolute atomic E-state index is 0.00991. The molecule has 0 aliphatic carbocycles. The van der Waals surface area contributed by atoms with E-state index in [1.165, 1.54) is 0 Å². The Kier molecular flexibility index (Phi) is 9.67. The summed E-state index contributed by atoms with van der Waals surface area (Å²) >= 11 is 0. The molecule has 0 radical (unpaired) electrons. The predicted octanol–water partition coefficient (Wildman–Crippen LogP) is 5.69. The summed E-state index contributed by atoms with van der Waals surface area (Å²) in [5.41, 5.74) is 1.05. The monoisotopic (exact) mass is 545 g/mol. The number of hydrogen-bond acceptors (Lipinski definition) is 6. The maximum atomic E-state index is 12.3. The lowest BCUT2D eigenvalue weighted by atomic mass is 9.72. The molecule has 3 aromatic rings. The molecule has 1 saturated heterocycles. The average molecular weight is 546 g/mol. The largest absolute Gasteiger partial charge is 0.508 e. The highest BCUT2D eigenvalue weighted by Crippen LogP contribution is 2.42. The van der Waals surface area contributed by atoms with Crippen molar-refractivity contribution in [3.8, 4) is 5.75 Å². The van der Waals surface area contributed by atoms with Gasteiger partial charge in [0, 0.05) is 5.56 Å². The third kappa shape index (κ3) is 6.41. The molecule has 1 unspecified atom stereocenters. The molecule has 6 heteroatoms. The topological polar surface area (TPSA) is 90.2 Å². The van der Waals surface area contributed by atoms with E-state index >= 15 is 0 Å². The number of hydrogen-bond donors (Lipinski definition) is 3. The van der Waals surface area contributed by atoms with E-state index in [2.05, 4.69) is 4.90 Å². The van der Waals surface area contributed by atoms with Gasteiger partial charge in [-0.3, -0.25) is 4.79 Å². The van der Waals surface area contributed by atoms with Gasteiger partial charge >= 0.3 is 5.97 Å². The van der Waals surface area contributed by atoms with Crippen LogP contribution in [0.2, 0.25) is 0 Å². The number of aromatic hydroxyl groups is 1. The quantitative estimate of drug-likeness (QED) is 0.268. The van der Waals surface area contributed by atoms with Crippen molar-refractivity contribution in [3.05, 3.63) is 101 Å². The van der Waals surface area contributed by atoms with Crippen LogP contribution in [-0.4, -0.2) is 52.4 Å². The number of ether oxygens (including phenoxy) is 1. The van der Waals surface area contributed by atoms with Crippen LogP contribution in [0.5, 0.6) is 5.75 Å². The van der Waals surface area contributed by atoms with Crippen molar-refractivity contribution < 1.29 is 24.9 Å². The average Bonchev–Trinajstić information content (AvgIpc) is 2.98. The minimum atomic E-state index is -1.03. The lowest BCUT2D eigenvalue weighted by Gasteiger charge is -2.42. The molecule has 1 heterocycles. The third-order valence-corrected chi connectivity index (χ3v) is 8.45. The van der Waals surface area contributed by atoms with E-state index in [4.69, 9.17) is 4.74 Å². The standard InChI is InChI=1S/C34H43NO5/c1-4-40-32(38)33(2,3)28-17-18-29(31(37)24-28)30(36)16-11-21-35-22-19-27(20-23-35)34(39,25-12-7-5-8-13-25)26-14-9-6-10-15-26/h5-10,12-15,17-18,24,27,30,36-37,39H,4,11,16,19-23H2,1-3H3. The Bertz CT molecular complexity index is 1200. The molecule has 0 bridgehead atoms. The number of esters is 1. The van der Waals surface area contributed by atoms with Crippen LogP contribution < -0.4 is 0 Å². The maximum Gasteiger partial charge on any atom is 0.315 e. The van der Waals surface area contributed by atoms with Crippen LogP contribution in [0.15, 0.2) is 78.9 Å². The first-order chi connectivity index (χ1) is 19.2. The fourth-order valence-electron chi connectivity index (χ4n) is 5.90. The van der Waals surface area contributed by atoms with E-state index < -0.39 is 17.1 Å². The summed E-state index contributed by atoms with van der Waals surface area (Å²) in [7, 11) is 0. The number of carbonyl (C=O) groups is 1. The zero-order chi connectivity index (χ0) is 28.8. The molecule has 3 N–H and O–H groups in total. The molecular weight excluding hydrogens is 502 g/mol. The Balaban J connectivity index is 1.32. The molecule has 0 spiro atoms. The summed E-state index contributed by atoms with van der Waals surface area (Å²) in [5, 5.41) is 33.5. The number of benzene rings is 3. The van der Waals surface area contributed by atoms with Crippen LogP contribution >= 0.6 is 0 Å². The van der Waals surface area contributed by atoms with Gasteiger partial charge in [0.2, 0.25) is 0 Å². The molecule has 214 valence electrons. The molecule has 4 rings (SSSR count). The van der Waals surface area contributed by atoms with E-state index in [1.807, 2.05) is 60.7 Å². The Morgan fingerprint density at radius 3 is 2.05 bits per heavy atom. The molecule has 1 aliphatic rings. The van der Waals surface area contributed by atoms with Crippen molar-refractivity contribution in [1.29, 1.82) is 0 Å². The molecule has 0 aromatic heterocycles. The van der Waals surface area contributed by atoms with E-state index in [1.54, 1.807) is 39.0 Å². The zero-order valence-electron chi connectivity index (χ0n) is 23.9. The van der Waals surface area contributed by atoms with Crippen LogP contribution in [0.1, 0.15) is 74.8 Å². The van der Waals surface area contributed by atoms with Crippen LogP contribution in [0.25, 0.3) is 0 Å². The summed E-state index contributed by atoms with van der Waals surface area (Å²) in [6, 6.07) is 25.0. The first-order valence-corrected chi connectivity index (χ1v) is 14.4. The van der Waals surface area contributed by atoms with Gasteiger partial charge in [-0.25, -0.2) is 0 Å². The molecule has 1 atom stereocenters. The predicted molar refractivity (Wildman–Crippen MR) is 157 cm³/mol. The third-order valence-electron chi connectivity index (χ3n) is 8.45. The number of nitrogens with zero attached hydrogens (tertiary/aromatic N) is 1. The van der Waals surface area contributed by atoms with Crippen LogP contribution in [0.4, 0.5) is 0 Å². The molecular formula is C34H43NO5. The number of phenols is 1. The fourth-order valence-corrected chi connectivity index (χ4v) is 5.90. The SMILES string of the molecule is CCOC(=O)C(C)(C)c1ccc(C(O)CCCN2CCC(C(O)(c3ccccc3)c3ccccc3)CC2)c(O)c1. The summed E-state index contributed by atoms with van der Waals surface area (Å²) in [5.74, 6) is -0.254. The summed E-state index contributed by atoms with van der Waals surface area (Å²) < 4.78 is 5.17. The summed E-state index contributed by atoms with van der Waals surface area (Å²) in [4.78, 5) is 14.7. The van der Waals surface area contributed by atoms with Gasteiger partial charge < -0.3 is 25.0 Å². The molecule has 40 heavy (non-hydrogen) atoms. The van der Waals surface area contributed by atoms with Gasteiger partial charge in [-0.15, -0.1) is 0 Å². The molecule has 3 aromatic carbocycles. The first kappa shape index (κ1) is 29.8. The second-order valence-corrected chi connectivity index (χ2v) is 11.4. The number of phenolic OH excluding ortho intramolecular Hbond substituents is 1. The fraction of sp³-hybridized carbons (Fsp3) is 0.441. The maximum absolute atomic E-state index is 12.3. The number of likely N-dealkylation sites (tertiary alicyclic amines) is 1. The van der Waals surface area contributed by atoms with Crippen molar-refractivity contribution in [2.45, 2.75) is 63.6 Å². The molecule has 1 aliphatic heterocycles. The van der Waals surface area contributed by atoms with E-state index in [0.717, 1.165) is 50.0 Å². The number of aliphatic hydroxyl groups is 2. The van der Waals surface area contributed by atoms with Gasteiger partial charge in [-0.2, -0.15) is 0 Å². The lowest BCUT2D eigenvalue weighted by molar-refractivity contribution is -0.148. The van der Waals surface area contributed by atoms with Crippen molar-refractivity contribution in [3.63, 3.8) is 0 Å². The second kappa shape index (κ2) is 13.0. The number of aliphatic hydroxyl groups excluding tert-OH is 1. The normalized spacial score (nSPS) is 16.0. The van der Waals surface area contributed by atoms with Gasteiger partial charge in [0.15, 0.2) is 0 Å². The van der Waals surface area contributed by atoms with E-state index in [-0.39, 0.29) is 17.6 Å². The van der Waals surface area contributed by atoms with Crippen molar-refractivity contribution >= 4 is 5.97 Å². The number of rotatable bonds is 11. The van der Waals surface area contributed by atoms with Gasteiger partial charge in [-0.1, -0.05) is 72.8 Å². The highest BCUT2D eigenvalue weighted by atomic mass is 16.5.